The minimum Gasteiger partial charge on any atom is -0.355 e. The van der Waals surface area contributed by atoms with Gasteiger partial charge in [-0.3, -0.25) is 0 Å². The van der Waals surface area contributed by atoms with Crippen LogP contribution in [0.25, 0.3) is 22.3 Å². The molecule has 44 heavy (non-hydrogen) atoms. The van der Waals surface area contributed by atoms with E-state index in [1.165, 1.54) is 39.1 Å². The average Bonchev–Trinajstić information content (AvgIpc) is 3.09. The van der Waals surface area contributed by atoms with Crippen LogP contribution in [0.5, 0.6) is 0 Å². The highest BCUT2D eigenvalue weighted by atomic mass is 15.1. The molecule has 4 aromatic carbocycles. The van der Waals surface area contributed by atoms with Gasteiger partial charge in [0.2, 0.25) is 0 Å². The average molecular weight is 569 g/mol. The Morgan fingerprint density at radius 2 is 1.48 bits per heavy atom. The monoisotopic (exact) mass is 568 g/mol. The van der Waals surface area contributed by atoms with Crippen molar-refractivity contribution < 1.29 is 0 Å². The molecule has 2 nitrogen and oxygen atoms in total. The number of fused-ring (bicyclic) bond motifs is 1. The molecule has 4 aromatic rings. The Morgan fingerprint density at radius 1 is 0.682 bits per heavy atom. The molecule has 1 N–H and O–H groups in total. The van der Waals surface area contributed by atoms with Gasteiger partial charge in [-0.15, -0.1) is 0 Å². The maximum Gasteiger partial charge on any atom is 0.0626 e. The third-order valence-corrected chi connectivity index (χ3v) is 8.54. The zero-order chi connectivity index (χ0) is 29.7. The first-order valence-electron chi connectivity index (χ1n) is 15.5. The molecule has 0 bridgehead atoms. The van der Waals surface area contributed by atoms with Crippen LogP contribution in [-0.4, -0.2) is 6.04 Å². The highest BCUT2D eigenvalue weighted by molar-refractivity contribution is 5.88. The molecule has 0 saturated carbocycles. The van der Waals surface area contributed by atoms with E-state index in [1.54, 1.807) is 0 Å². The summed E-state index contributed by atoms with van der Waals surface area (Å²) in [6.07, 6.45) is 23.3. The largest absolute Gasteiger partial charge is 0.355 e. The standard InChI is InChI=1S/C42H36N2/c1-31-24-25-36(30-44(38-20-9-4-10-21-38)42-23-12-11-22-39(31)42)34-17-13-16-33(28-34)35-26-27-40(32-14-5-2-6-15-32)41(29-35)43-37-18-7-3-8-19-37/h3-5,7-22,24-30,42-43H,1-2,6,23H2/b25-24-,36-30+. The molecule has 0 fully saturated rings. The molecular formula is C42H36N2. The SMILES string of the molecule is C=C1/C=C\C(c2cccc(-c3ccc(C4=CCCC=C4)c(Nc4ccccc4)c3)c2)=C/N(c2ccccc2)C2CC=CC=C12. The van der Waals surface area contributed by atoms with Gasteiger partial charge in [0.1, 0.15) is 0 Å². The van der Waals surface area contributed by atoms with Gasteiger partial charge < -0.3 is 10.2 Å². The lowest BCUT2D eigenvalue weighted by atomic mass is 9.88. The van der Waals surface area contributed by atoms with Crippen molar-refractivity contribution in [3.8, 4) is 11.1 Å². The van der Waals surface area contributed by atoms with Crippen LogP contribution >= 0.6 is 0 Å². The summed E-state index contributed by atoms with van der Waals surface area (Å²) >= 11 is 0. The number of hydrogen-bond acceptors (Lipinski definition) is 2. The van der Waals surface area contributed by atoms with Crippen molar-refractivity contribution in [3.63, 3.8) is 0 Å². The fraction of sp³-hybridized carbons (Fsp3) is 0.0952. The van der Waals surface area contributed by atoms with Gasteiger partial charge in [-0.25, -0.2) is 0 Å². The molecule has 0 amide bonds. The second kappa shape index (κ2) is 12.5. The lowest BCUT2D eigenvalue weighted by molar-refractivity contribution is 0.746. The summed E-state index contributed by atoms with van der Waals surface area (Å²) in [5.74, 6) is 0. The summed E-state index contributed by atoms with van der Waals surface area (Å²) in [5.41, 5.74) is 12.9. The van der Waals surface area contributed by atoms with E-state index >= 15 is 0 Å². The van der Waals surface area contributed by atoms with Crippen molar-refractivity contribution >= 4 is 28.2 Å². The summed E-state index contributed by atoms with van der Waals surface area (Å²) in [6, 6.07) is 37.0. The highest BCUT2D eigenvalue weighted by Crippen LogP contribution is 2.37. The number of benzene rings is 4. The van der Waals surface area contributed by atoms with E-state index in [1.807, 2.05) is 0 Å². The highest BCUT2D eigenvalue weighted by Gasteiger charge is 2.25. The molecule has 0 aromatic heterocycles. The van der Waals surface area contributed by atoms with Crippen molar-refractivity contribution in [1.82, 2.24) is 0 Å². The number of allylic oxidation sites excluding steroid dienone is 9. The van der Waals surface area contributed by atoms with Gasteiger partial charge in [-0.05, 0) is 94.6 Å². The number of nitrogens with one attached hydrogen (secondary N) is 1. The predicted octanol–water partition coefficient (Wildman–Crippen LogP) is 11.1. The van der Waals surface area contributed by atoms with Gasteiger partial charge in [0.15, 0.2) is 0 Å². The van der Waals surface area contributed by atoms with Crippen LogP contribution in [-0.2, 0) is 0 Å². The Morgan fingerprint density at radius 3 is 2.30 bits per heavy atom. The van der Waals surface area contributed by atoms with E-state index in [0.717, 1.165) is 41.8 Å². The van der Waals surface area contributed by atoms with Gasteiger partial charge in [-0.1, -0.05) is 122 Å². The van der Waals surface area contributed by atoms with Crippen LogP contribution in [0.4, 0.5) is 17.1 Å². The Hall–Kier alpha value is -5.34. The van der Waals surface area contributed by atoms with E-state index in [2.05, 4.69) is 175 Å². The van der Waals surface area contributed by atoms with E-state index in [4.69, 9.17) is 0 Å². The fourth-order valence-electron chi connectivity index (χ4n) is 6.24. The first-order valence-corrected chi connectivity index (χ1v) is 15.5. The van der Waals surface area contributed by atoms with Crippen LogP contribution in [0, 0.1) is 0 Å². The number of para-hydroxylation sites is 2. The molecule has 7 rings (SSSR count). The minimum atomic E-state index is 0.195. The molecule has 2 aliphatic carbocycles. The summed E-state index contributed by atoms with van der Waals surface area (Å²) in [6.45, 7) is 4.45. The zero-order valence-corrected chi connectivity index (χ0v) is 24.9. The number of anilines is 3. The number of nitrogens with zero attached hydrogens (tertiary/aromatic N) is 1. The van der Waals surface area contributed by atoms with Crippen LogP contribution in [0.2, 0.25) is 0 Å². The summed E-state index contributed by atoms with van der Waals surface area (Å²) in [5, 5.41) is 3.70. The van der Waals surface area contributed by atoms with Crippen LogP contribution in [0.3, 0.4) is 0 Å². The van der Waals surface area contributed by atoms with E-state index in [0.29, 0.717) is 0 Å². The van der Waals surface area contributed by atoms with Gasteiger partial charge in [0.05, 0.1) is 6.04 Å². The van der Waals surface area contributed by atoms with Crippen LogP contribution in [0.15, 0.2) is 176 Å². The number of rotatable bonds is 6. The summed E-state index contributed by atoms with van der Waals surface area (Å²) < 4.78 is 0. The molecule has 0 radical (unpaired) electrons. The van der Waals surface area contributed by atoms with Crippen molar-refractivity contribution in [2.75, 3.05) is 10.2 Å². The Labute approximate surface area is 261 Å². The first-order chi connectivity index (χ1) is 21.7. The summed E-state index contributed by atoms with van der Waals surface area (Å²) in [7, 11) is 0. The molecule has 0 saturated heterocycles. The van der Waals surface area contributed by atoms with Crippen LogP contribution < -0.4 is 10.2 Å². The molecular weight excluding hydrogens is 532 g/mol. The molecule has 1 heterocycles. The Kier molecular flexibility index (Phi) is 7.80. The molecule has 214 valence electrons. The van der Waals surface area contributed by atoms with E-state index in [-0.39, 0.29) is 6.04 Å². The van der Waals surface area contributed by atoms with Gasteiger partial charge in [-0.2, -0.15) is 0 Å². The van der Waals surface area contributed by atoms with E-state index in [9.17, 15) is 0 Å². The first kappa shape index (κ1) is 27.5. The molecule has 3 aliphatic rings. The second-order valence-electron chi connectivity index (χ2n) is 11.5. The van der Waals surface area contributed by atoms with Gasteiger partial charge in [0, 0.05) is 28.8 Å². The maximum absolute atomic E-state index is 4.45. The van der Waals surface area contributed by atoms with Gasteiger partial charge in [0.25, 0.3) is 0 Å². The van der Waals surface area contributed by atoms with Crippen molar-refractivity contribution in [1.29, 1.82) is 0 Å². The topological polar surface area (TPSA) is 15.3 Å². The summed E-state index contributed by atoms with van der Waals surface area (Å²) in [4.78, 5) is 2.41. The Balaban J connectivity index is 1.29. The quantitative estimate of drug-likeness (QED) is 0.249. The molecule has 2 heteroatoms. The van der Waals surface area contributed by atoms with Crippen LogP contribution in [0.1, 0.15) is 30.4 Å². The molecule has 1 atom stereocenters. The number of hydrogen-bond donors (Lipinski definition) is 1. The van der Waals surface area contributed by atoms with Crippen molar-refractivity contribution in [3.05, 3.63) is 187 Å². The predicted molar refractivity (Wildman–Crippen MR) is 189 cm³/mol. The zero-order valence-electron chi connectivity index (χ0n) is 24.9. The maximum atomic E-state index is 4.45. The third kappa shape index (κ3) is 5.80. The van der Waals surface area contributed by atoms with Gasteiger partial charge >= 0.3 is 0 Å². The molecule has 1 aliphatic heterocycles. The molecule has 1 unspecified atom stereocenters. The van der Waals surface area contributed by atoms with Crippen molar-refractivity contribution in [2.45, 2.75) is 25.3 Å². The third-order valence-electron chi connectivity index (χ3n) is 8.54. The minimum absolute atomic E-state index is 0.195. The second-order valence-corrected chi connectivity index (χ2v) is 11.5. The lowest BCUT2D eigenvalue weighted by Crippen LogP contribution is -2.34. The normalized spacial score (nSPS) is 19.5. The lowest BCUT2D eigenvalue weighted by Gasteiger charge is -2.35. The fourth-order valence-corrected chi connectivity index (χ4v) is 6.24. The Bertz CT molecular complexity index is 1870. The van der Waals surface area contributed by atoms with Crippen molar-refractivity contribution in [2.24, 2.45) is 0 Å². The molecule has 0 spiro atoms. The smallest absolute Gasteiger partial charge is 0.0626 e. The van der Waals surface area contributed by atoms with E-state index < -0.39 is 0 Å².